The van der Waals surface area contributed by atoms with Crippen LogP contribution in [0, 0.1) is 6.92 Å². The Morgan fingerprint density at radius 2 is 1.82 bits per heavy atom. The summed E-state index contributed by atoms with van der Waals surface area (Å²) < 4.78 is 12.1. The fourth-order valence-corrected chi connectivity index (χ4v) is 4.43. The van der Waals surface area contributed by atoms with E-state index >= 15 is 0 Å². The van der Waals surface area contributed by atoms with Crippen LogP contribution in [0.4, 0.5) is 5.82 Å². The molecule has 2 amide bonds. The Morgan fingerprint density at radius 3 is 2.48 bits per heavy atom. The molecule has 0 radical (unpaired) electrons. The molecule has 1 aliphatic rings. The number of ether oxygens (including phenoxy) is 2. The Morgan fingerprint density at radius 1 is 1.09 bits per heavy atom. The van der Waals surface area contributed by atoms with Gasteiger partial charge in [0.25, 0.3) is 5.91 Å². The standard InChI is InChI=1S/C23H22Cl2N4O4/c1-11-18-19(12-5-7-14(24)15(25)9-12)20(23(31)27-21(18)29(2)28-11)26-22(30)13-6-8-16(32-3)17(10-13)33-4/h5-10,19-20H,1-4H3,(H,26,30)(H,27,31)/t19-,20-/m1/s1. The molecule has 8 nitrogen and oxygen atoms in total. The lowest BCUT2D eigenvalue weighted by Crippen LogP contribution is -2.50. The third-order valence-electron chi connectivity index (χ3n) is 5.67. The smallest absolute Gasteiger partial charge is 0.252 e. The summed E-state index contributed by atoms with van der Waals surface area (Å²) in [5.74, 6) is 0.145. The number of carbonyl (C=O) groups is 2. The number of benzene rings is 2. The van der Waals surface area contributed by atoms with Crippen LogP contribution < -0.4 is 20.1 Å². The van der Waals surface area contributed by atoms with Crippen molar-refractivity contribution in [2.75, 3.05) is 19.5 Å². The second-order valence-electron chi connectivity index (χ2n) is 7.63. The minimum Gasteiger partial charge on any atom is -0.493 e. The maximum atomic E-state index is 13.2. The zero-order valence-electron chi connectivity index (χ0n) is 18.4. The quantitative estimate of drug-likeness (QED) is 0.567. The first kappa shape index (κ1) is 22.9. The van der Waals surface area contributed by atoms with E-state index in [0.717, 1.165) is 16.8 Å². The summed E-state index contributed by atoms with van der Waals surface area (Å²) in [7, 11) is 4.75. The van der Waals surface area contributed by atoms with Crippen LogP contribution >= 0.6 is 23.2 Å². The largest absolute Gasteiger partial charge is 0.493 e. The highest BCUT2D eigenvalue weighted by molar-refractivity contribution is 6.42. The number of anilines is 1. The third-order valence-corrected chi connectivity index (χ3v) is 6.41. The number of amides is 2. The van der Waals surface area contributed by atoms with Crippen LogP contribution in [0.15, 0.2) is 36.4 Å². The topological polar surface area (TPSA) is 94.5 Å². The lowest BCUT2D eigenvalue weighted by atomic mass is 9.82. The molecule has 4 rings (SSSR count). The van der Waals surface area contributed by atoms with Gasteiger partial charge in [0, 0.05) is 24.1 Å². The Bertz CT molecular complexity index is 1260. The SMILES string of the molecule is COc1ccc(C(=O)N[C@H]2C(=O)Nc3c(c(C)nn3C)[C@H]2c2ccc(Cl)c(Cl)c2)cc1OC. The van der Waals surface area contributed by atoms with Gasteiger partial charge in [-0.25, -0.2) is 0 Å². The molecule has 3 aromatic rings. The van der Waals surface area contributed by atoms with Crippen molar-refractivity contribution >= 4 is 40.8 Å². The van der Waals surface area contributed by atoms with E-state index in [9.17, 15) is 9.59 Å². The van der Waals surface area contributed by atoms with Gasteiger partial charge in [0.05, 0.1) is 30.0 Å². The summed E-state index contributed by atoms with van der Waals surface area (Å²) in [6, 6.07) is 9.05. The predicted octanol–water partition coefficient (Wildman–Crippen LogP) is 3.94. The van der Waals surface area contributed by atoms with E-state index in [1.807, 2.05) is 6.92 Å². The summed E-state index contributed by atoms with van der Waals surface area (Å²) in [6.07, 6.45) is 0. The number of methoxy groups -OCH3 is 2. The molecule has 172 valence electrons. The highest BCUT2D eigenvalue weighted by atomic mass is 35.5. The number of aromatic nitrogens is 2. The average Bonchev–Trinajstić information content (AvgIpc) is 3.08. The Hall–Kier alpha value is -3.23. The van der Waals surface area contributed by atoms with Crippen LogP contribution in [-0.4, -0.2) is 41.9 Å². The van der Waals surface area contributed by atoms with E-state index in [2.05, 4.69) is 15.7 Å². The van der Waals surface area contributed by atoms with Crippen molar-refractivity contribution in [2.45, 2.75) is 18.9 Å². The molecule has 0 spiro atoms. The van der Waals surface area contributed by atoms with Crippen molar-refractivity contribution in [1.82, 2.24) is 15.1 Å². The fourth-order valence-electron chi connectivity index (χ4n) is 4.12. The lowest BCUT2D eigenvalue weighted by Gasteiger charge is -2.32. The number of carbonyl (C=O) groups excluding carboxylic acids is 2. The number of rotatable bonds is 5. The molecule has 2 N–H and O–H groups in total. The van der Waals surface area contributed by atoms with Crippen LogP contribution in [0.25, 0.3) is 0 Å². The van der Waals surface area contributed by atoms with Crippen LogP contribution in [0.5, 0.6) is 11.5 Å². The molecule has 1 aliphatic heterocycles. The molecular formula is C23H22Cl2N4O4. The van der Waals surface area contributed by atoms with Crippen molar-refractivity contribution in [3.8, 4) is 11.5 Å². The minimum atomic E-state index is -0.918. The predicted molar refractivity (Wildman–Crippen MR) is 126 cm³/mol. The monoisotopic (exact) mass is 488 g/mol. The molecule has 0 unspecified atom stereocenters. The average molecular weight is 489 g/mol. The molecule has 2 heterocycles. The van der Waals surface area contributed by atoms with Crippen molar-refractivity contribution in [2.24, 2.45) is 7.05 Å². The number of hydrogen-bond donors (Lipinski definition) is 2. The van der Waals surface area contributed by atoms with Gasteiger partial charge in [-0.3, -0.25) is 14.3 Å². The molecule has 10 heteroatoms. The molecular weight excluding hydrogens is 467 g/mol. The number of nitrogens with one attached hydrogen (secondary N) is 2. The van der Waals surface area contributed by atoms with Gasteiger partial charge in [0.15, 0.2) is 11.5 Å². The molecule has 1 aromatic heterocycles. The first-order valence-electron chi connectivity index (χ1n) is 10.1. The molecule has 33 heavy (non-hydrogen) atoms. The second kappa shape index (κ2) is 8.96. The molecule has 0 aliphatic carbocycles. The van der Waals surface area contributed by atoms with E-state index < -0.39 is 17.9 Å². The maximum absolute atomic E-state index is 13.2. The van der Waals surface area contributed by atoms with Gasteiger partial charge in [-0.05, 0) is 42.8 Å². The van der Waals surface area contributed by atoms with E-state index in [1.165, 1.54) is 14.2 Å². The van der Waals surface area contributed by atoms with Gasteiger partial charge in [-0.1, -0.05) is 29.3 Å². The van der Waals surface area contributed by atoms with Gasteiger partial charge in [-0.15, -0.1) is 0 Å². The Kier molecular flexibility index (Phi) is 6.23. The Balaban J connectivity index is 1.77. The van der Waals surface area contributed by atoms with Crippen molar-refractivity contribution in [3.63, 3.8) is 0 Å². The summed E-state index contributed by atoms with van der Waals surface area (Å²) in [5, 5.41) is 10.9. The number of fused-ring (bicyclic) bond motifs is 1. The van der Waals surface area contributed by atoms with E-state index in [4.69, 9.17) is 32.7 Å². The molecule has 0 fully saturated rings. The number of halogens is 2. The van der Waals surface area contributed by atoms with E-state index in [1.54, 1.807) is 48.1 Å². The normalized spacial score (nSPS) is 17.2. The van der Waals surface area contributed by atoms with Gasteiger partial charge in [0.1, 0.15) is 11.9 Å². The van der Waals surface area contributed by atoms with E-state index in [-0.39, 0.29) is 5.91 Å². The molecule has 0 saturated heterocycles. The lowest BCUT2D eigenvalue weighted by molar-refractivity contribution is -0.118. The maximum Gasteiger partial charge on any atom is 0.252 e. The highest BCUT2D eigenvalue weighted by Crippen LogP contribution is 2.41. The minimum absolute atomic E-state index is 0.321. The van der Waals surface area contributed by atoms with Crippen molar-refractivity contribution in [3.05, 3.63) is 68.8 Å². The Labute approximate surface area is 200 Å². The van der Waals surface area contributed by atoms with Crippen LogP contribution in [-0.2, 0) is 11.8 Å². The molecule has 0 saturated carbocycles. The van der Waals surface area contributed by atoms with Crippen molar-refractivity contribution < 1.29 is 19.1 Å². The summed E-state index contributed by atoms with van der Waals surface area (Å²) in [5.41, 5.74) is 2.58. The first-order chi connectivity index (χ1) is 15.7. The molecule has 2 atom stereocenters. The van der Waals surface area contributed by atoms with Gasteiger partial charge < -0.3 is 20.1 Å². The third kappa shape index (κ3) is 4.12. The van der Waals surface area contributed by atoms with Crippen molar-refractivity contribution in [1.29, 1.82) is 0 Å². The van der Waals surface area contributed by atoms with Crippen LogP contribution in [0.2, 0.25) is 10.0 Å². The number of hydrogen-bond acceptors (Lipinski definition) is 5. The number of nitrogens with zero attached hydrogens (tertiary/aromatic N) is 2. The second-order valence-corrected chi connectivity index (χ2v) is 8.45. The van der Waals surface area contributed by atoms with Gasteiger partial charge >= 0.3 is 0 Å². The fraction of sp³-hybridized carbons (Fsp3) is 0.261. The van der Waals surface area contributed by atoms with Crippen LogP contribution in [0.1, 0.15) is 33.1 Å². The summed E-state index contributed by atoms with van der Waals surface area (Å²) >= 11 is 12.4. The zero-order chi connectivity index (χ0) is 23.9. The number of aryl methyl sites for hydroxylation is 2. The highest BCUT2D eigenvalue weighted by Gasteiger charge is 2.41. The first-order valence-corrected chi connectivity index (χ1v) is 10.8. The summed E-state index contributed by atoms with van der Waals surface area (Å²) in [4.78, 5) is 26.3. The van der Waals surface area contributed by atoms with E-state index in [0.29, 0.717) is 32.9 Å². The van der Waals surface area contributed by atoms with Crippen LogP contribution in [0.3, 0.4) is 0 Å². The van der Waals surface area contributed by atoms with Gasteiger partial charge in [-0.2, -0.15) is 5.10 Å². The molecule has 0 bridgehead atoms. The molecule has 2 aromatic carbocycles. The summed E-state index contributed by atoms with van der Waals surface area (Å²) in [6.45, 7) is 1.86. The van der Waals surface area contributed by atoms with Gasteiger partial charge in [0.2, 0.25) is 5.91 Å². The zero-order valence-corrected chi connectivity index (χ0v) is 19.9.